The lowest BCUT2D eigenvalue weighted by Gasteiger charge is -2.26. The third kappa shape index (κ3) is 4.60. The zero-order valence-corrected chi connectivity index (χ0v) is 16.5. The normalized spacial score (nSPS) is 16.9. The van der Waals surface area contributed by atoms with Gasteiger partial charge in [0.25, 0.3) is 0 Å². The van der Waals surface area contributed by atoms with Crippen LogP contribution in [0.15, 0.2) is 48.2 Å². The highest BCUT2D eigenvalue weighted by Crippen LogP contribution is 2.37. The molecule has 0 bridgehead atoms. The number of hydrogen-bond donors (Lipinski definition) is 4. The lowest BCUT2D eigenvalue weighted by Crippen LogP contribution is -2.28. The molecule has 0 fully saturated rings. The molecule has 3 unspecified atom stereocenters. The van der Waals surface area contributed by atoms with E-state index in [1.165, 1.54) is 18.2 Å². The number of aliphatic hydroxyl groups excluding tert-OH is 2. The van der Waals surface area contributed by atoms with E-state index in [1.54, 1.807) is 38.1 Å². The van der Waals surface area contributed by atoms with E-state index in [1.807, 2.05) is 0 Å². The molecule has 4 N–H and O–H groups in total. The number of fused-ring (bicyclic) bond motifs is 1. The minimum atomic E-state index is -0.864. The number of phenolic OH excluding ortho intramolecular Hbond substituents is 2. The van der Waals surface area contributed by atoms with Crippen molar-refractivity contribution in [3.05, 3.63) is 64.9 Å². The van der Waals surface area contributed by atoms with Crippen LogP contribution in [0.3, 0.4) is 0 Å². The highest BCUT2D eigenvalue weighted by molar-refractivity contribution is 6.16. The van der Waals surface area contributed by atoms with Gasteiger partial charge in [-0.15, -0.1) is 0 Å². The fraction of sp³-hybridized carbons (Fsp3) is 0.348. The summed E-state index contributed by atoms with van der Waals surface area (Å²) in [5, 5.41) is 39.7. The Morgan fingerprint density at radius 2 is 1.72 bits per heavy atom. The first-order valence-corrected chi connectivity index (χ1v) is 9.65. The molecule has 6 heteroatoms. The van der Waals surface area contributed by atoms with Gasteiger partial charge in [-0.25, -0.2) is 0 Å². The lowest BCUT2D eigenvalue weighted by atomic mass is 9.85. The molecule has 0 saturated heterocycles. The molecule has 3 rings (SSSR count). The van der Waals surface area contributed by atoms with Crippen molar-refractivity contribution in [1.29, 1.82) is 0 Å². The topological polar surface area (TPSA) is 107 Å². The molecule has 2 aromatic carbocycles. The second-order valence-electron chi connectivity index (χ2n) is 7.61. The van der Waals surface area contributed by atoms with E-state index < -0.39 is 18.0 Å². The van der Waals surface area contributed by atoms with Crippen LogP contribution in [0.25, 0.3) is 5.57 Å². The quantitative estimate of drug-likeness (QED) is 0.571. The zero-order valence-electron chi connectivity index (χ0n) is 16.5. The van der Waals surface area contributed by atoms with E-state index in [4.69, 9.17) is 4.74 Å². The van der Waals surface area contributed by atoms with Crippen LogP contribution in [-0.4, -0.2) is 45.0 Å². The van der Waals surface area contributed by atoms with E-state index in [9.17, 15) is 25.2 Å². The van der Waals surface area contributed by atoms with Crippen LogP contribution < -0.4 is 0 Å². The van der Waals surface area contributed by atoms with Gasteiger partial charge in [-0.05, 0) is 48.6 Å². The number of aromatic hydroxyl groups is 2. The number of carbonyl (C=O) groups is 1. The largest absolute Gasteiger partial charge is 0.508 e. The van der Waals surface area contributed by atoms with E-state index in [0.717, 1.165) is 0 Å². The van der Waals surface area contributed by atoms with E-state index in [0.29, 0.717) is 29.5 Å². The number of carbonyl (C=O) groups excluding carboxylic acids is 1. The van der Waals surface area contributed by atoms with Crippen LogP contribution in [0, 0.1) is 5.92 Å². The Hall–Kier alpha value is -2.83. The summed E-state index contributed by atoms with van der Waals surface area (Å²) in [5.74, 6) is -0.580. The van der Waals surface area contributed by atoms with Crippen molar-refractivity contribution in [3.63, 3.8) is 0 Å². The molecule has 6 nitrogen and oxygen atoms in total. The molecule has 1 aliphatic carbocycles. The molecule has 29 heavy (non-hydrogen) atoms. The number of rotatable bonds is 7. The second kappa shape index (κ2) is 8.68. The first-order valence-electron chi connectivity index (χ1n) is 9.65. The van der Waals surface area contributed by atoms with Crippen LogP contribution in [0.4, 0.5) is 0 Å². The van der Waals surface area contributed by atoms with Crippen molar-refractivity contribution in [2.45, 2.75) is 38.9 Å². The molecule has 0 amide bonds. The summed E-state index contributed by atoms with van der Waals surface area (Å²) >= 11 is 0. The molecule has 2 aromatic rings. The van der Waals surface area contributed by atoms with Crippen LogP contribution in [0.1, 0.15) is 41.8 Å². The number of allylic oxidation sites excluding steroid dienone is 2. The molecule has 1 aliphatic rings. The SMILES string of the molecule is CC(O)CC(C)C(O)COC1=C(c2ccc(O)cc2)Cc2cccc(O)c2C1=O. The Morgan fingerprint density at radius 1 is 1.03 bits per heavy atom. The number of hydrogen-bond acceptors (Lipinski definition) is 6. The predicted octanol–water partition coefficient (Wildman–Crippen LogP) is 3.03. The van der Waals surface area contributed by atoms with Gasteiger partial charge in [-0.1, -0.05) is 31.2 Å². The summed E-state index contributed by atoms with van der Waals surface area (Å²) in [5.41, 5.74) is 2.24. The number of ketones is 1. The van der Waals surface area contributed by atoms with Gasteiger partial charge in [0.1, 0.15) is 18.1 Å². The molecule has 0 heterocycles. The average molecular weight is 398 g/mol. The van der Waals surface area contributed by atoms with Crippen molar-refractivity contribution in [1.82, 2.24) is 0 Å². The van der Waals surface area contributed by atoms with Gasteiger partial charge < -0.3 is 25.2 Å². The molecule has 0 aliphatic heterocycles. The molecular formula is C23H26O6. The van der Waals surface area contributed by atoms with Crippen molar-refractivity contribution in [3.8, 4) is 11.5 Å². The Morgan fingerprint density at radius 3 is 2.38 bits per heavy atom. The third-order valence-corrected chi connectivity index (χ3v) is 5.19. The summed E-state index contributed by atoms with van der Waals surface area (Å²) in [6.07, 6.45) is -0.635. The van der Waals surface area contributed by atoms with Gasteiger partial charge in [0.15, 0.2) is 5.76 Å². The number of Topliss-reactive ketones (excluding diaryl/α,β-unsaturated/α-hetero) is 1. The summed E-state index contributed by atoms with van der Waals surface area (Å²) in [6, 6.07) is 11.4. The molecule has 3 atom stereocenters. The Balaban J connectivity index is 1.94. The van der Waals surface area contributed by atoms with Crippen LogP contribution in [0.5, 0.6) is 11.5 Å². The number of aliphatic hydroxyl groups is 2. The summed E-state index contributed by atoms with van der Waals surface area (Å²) in [4.78, 5) is 13.1. The molecule has 0 radical (unpaired) electrons. The number of ether oxygens (including phenoxy) is 1. The standard InChI is InChI=1S/C23H26O6/c1-13(10-14(2)24)20(27)12-29-23-18(15-6-8-17(25)9-7-15)11-16-4-3-5-19(26)21(16)22(23)28/h3-9,13-14,20,24-27H,10-12H2,1-2H3. The molecule has 0 aromatic heterocycles. The predicted molar refractivity (Wildman–Crippen MR) is 109 cm³/mol. The minimum Gasteiger partial charge on any atom is -0.508 e. The minimum absolute atomic E-state index is 0.0768. The van der Waals surface area contributed by atoms with Crippen molar-refractivity contribution < 1.29 is 30.0 Å². The summed E-state index contributed by atoms with van der Waals surface area (Å²) < 4.78 is 5.79. The molecule has 0 saturated carbocycles. The Bertz CT molecular complexity index is 913. The Labute approximate surface area is 169 Å². The van der Waals surface area contributed by atoms with Gasteiger partial charge in [-0.2, -0.15) is 0 Å². The maximum Gasteiger partial charge on any atom is 0.231 e. The first kappa shape index (κ1) is 20.9. The molecule has 154 valence electrons. The van der Waals surface area contributed by atoms with Crippen LogP contribution in [0.2, 0.25) is 0 Å². The highest BCUT2D eigenvalue weighted by Gasteiger charge is 2.31. The van der Waals surface area contributed by atoms with Crippen molar-refractivity contribution in [2.24, 2.45) is 5.92 Å². The third-order valence-electron chi connectivity index (χ3n) is 5.19. The van der Waals surface area contributed by atoms with Crippen LogP contribution in [-0.2, 0) is 11.2 Å². The fourth-order valence-electron chi connectivity index (χ4n) is 3.59. The van der Waals surface area contributed by atoms with Gasteiger partial charge in [0.05, 0.1) is 17.8 Å². The number of benzene rings is 2. The first-order chi connectivity index (χ1) is 13.8. The smallest absolute Gasteiger partial charge is 0.231 e. The van der Waals surface area contributed by atoms with Gasteiger partial charge in [0, 0.05) is 12.0 Å². The monoisotopic (exact) mass is 398 g/mol. The summed E-state index contributed by atoms with van der Waals surface area (Å²) in [7, 11) is 0. The highest BCUT2D eigenvalue weighted by atomic mass is 16.5. The maximum absolute atomic E-state index is 13.1. The number of phenols is 2. The molecular weight excluding hydrogens is 372 g/mol. The van der Waals surface area contributed by atoms with Gasteiger partial charge >= 0.3 is 0 Å². The van der Waals surface area contributed by atoms with E-state index in [2.05, 4.69) is 0 Å². The average Bonchev–Trinajstić information content (AvgIpc) is 2.67. The summed E-state index contributed by atoms with van der Waals surface area (Å²) in [6.45, 7) is 3.35. The van der Waals surface area contributed by atoms with E-state index >= 15 is 0 Å². The lowest BCUT2D eigenvalue weighted by molar-refractivity contribution is 0.0185. The fourth-order valence-corrected chi connectivity index (χ4v) is 3.59. The molecule has 0 spiro atoms. The second-order valence-corrected chi connectivity index (χ2v) is 7.61. The van der Waals surface area contributed by atoms with Crippen molar-refractivity contribution in [2.75, 3.05) is 6.61 Å². The van der Waals surface area contributed by atoms with Crippen LogP contribution >= 0.6 is 0 Å². The van der Waals surface area contributed by atoms with Gasteiger partial charge in [0.2, 0.25) is 5.78 Å². The van der Waals surface area contributed by atoms with Crippen molar-refractivity contribution >= 4 is 11.4 Å². The maximum atomic E-state index is 13.1. The Kier molecular flexibility index (Phi) is 6.25. The van der Waals surface area contributed by atoms with Gasteiger partial charge in [-0.3, -0.25) is 4.79 Å². The van der Waals surface area contributed by atoms with E-state index in [-0.39, 0.29) is 35.3 Å². The zero-order chi connectivity index (χ0) is 21.1.